The predicted octanol–water partition coefficient (Wildman–Crippen LogP) is 4.99. The van der Waals surface area contributed by atoms with Crippen LogP contribution >= 0.6 is 0 Å². The van der Waals surface area contributed by atoms with Crippen molar-refractivity contribution >= 4 is 20.3 Å². The van der Waals surface area contributed by atoms with E-state index in [0.717, 1.165) is 56.7 Å². The van der Waals surface area contributed by atoms with Crippen LogP contribution in [0.4, 0.5) is 0 Å². The lowest BCUT2D eigenvalue weighted by Crippen LogP contribution is -2.39. The molecule has 0 aromatic heterocycles. The molecule has 0 aromatic rings. The molecule has 0 heterocycles. The van der Waals surface area contributed by atoms with E-state index in [1.54, 1.807) is 0 Å². The van der Waals surface area contributed by atoms with Crippen LogP contribution in [0.2, 0.25) is 18.1 Å². The Kier molecular flexibility index (Phi) is 12.7. The molecule has 0 amide bonds. The van der Waals surface area contributed by atoms with Crippen molar-refractivity contribution in [3.63, 3.8) is 0 Å². The Labute approximate surface area is 142 Å². The standard InChI is InChI=1S/C18H34O4Si/c1-5-9-10-13-21-17(19)11-12-18(20)22-23(14-6-2,15-7-3)16-8-4/h11-12H,5-10,13-16H2,1-4H3/b12-11-. The SMILES string of the molecule is CCCCCOC(=O)/C=C\C(=O)O[Si](CCC)(CCC)CCC. The van der Waals surface area contributed by atoms with Gasteiger partial charge >= 0.3 is 11.9 Å². The van der Waals surface area contributed by atoms with Gasteiger partial charge in [0.1, 0.15) is 0 Å². The zero-order valence-corrected chi connectivity index (χ0v) is 16.4. The molecule has 0 bridgehead atoms. The van der Waals surface area contributed by atoms with Crippen LogP contribution in [0.25, 0.3) is 0 Å². The third-order valence-corrected chi connectivity index (χ3v) is 8.65. The summed E-state index contributed by atoms with van der Waals surface area (Å²) in [6, 6.07) is 2.99. The van der Waals surface area contributed by atoms with Crippen LogP contribution < -0.4 is 0 Å². The zero-order valence-electron chi connectivity index (χ0n) is 15.4. The molecule has 0 aliphatic heterocycles. The summed E-state index contributed by atoms with van der Waals surface area (Å²) in [5.41, 5.74) is 0. The first kappa shape index (κ1) is 21.9. The van der Waals surface area contributed by atoms with E-state index in [1.807, 2.05) is 0 Å². The number of unbranched alkanes of at least 4 members (excludes halogenated alkanes) is 2. The molecule has 0 aliphatic rings. The first-order valence-electron chi connectivity index (χ1n) is 9.11. The summed E-state index contributed by atoms with van der Waals surface area (Å²) < 4.78 is 10.9. The maximum Gasteiger partial charge on any atom is 0.331 e. The van der Waals surface area contributed by atoms with Gasteiger partial charge in [0.15, 0.2) is 0 Å². The van der Waals surface area contributed by atoms with Crippen molar-refractivity contribution in [3.8, 4) is 0 Å². The van der Waals surface area contributed by atoms with Crippen molar-refractivity contribution in [2.24, 2.45) is 0 Å². The molecule has 0 aromatic carbocycles. The molecule has 0 unspecified atom stereocenters. The third-order valence-electron chi connectivity index (χ3n) is 3.78. The molecule has 0 saturated carbocycles. The Hall–Kier alpha value is -1.10. The summed E-state index contributed by atoms with van der Waals surface area (Å²) in [5.74, 6) is -0.857. The van der Waals surface area contributed by atoms with Crippen LogP contribution in [-0.2, 0) is 18.8 Å². The van der Waals surface area contributed by atoms with E-state index < -0.39 is 20.3 Å². The molecular formula is C18H34O4Si. The molecule has 0 rings (SSSR count). The highest BCUT2D eigenvalue weighted by molar-refractivity contribution is 6.75. The fourth-order valence-electron chi connectivity index (χ4n) is 2.85. The van der Waals surface area contributed by atoms with Crippen molar-refractivity contribution in [1.29, 1.82) is 0 Å². The van der Waals surface area contributed by atoms with Gasteiger partial charge in [0.05, 0.1) is 6.61 Å². The molecular weight excluding hydrogens is 308 g/mol. The summed E-state index contributed by atoms with van der Waals surface area (Å²) >= 11 is 0. The molecule has 4 nitrogen and oxygen atoms in total. The number of carbonyl (C=O) groups excluding carboxylic acids is 2. The number of hydrogen-bond acceptors (Lipinski definition) is 4. The highest BCUT2D eigenvalue weighted by Crippen LogP contribution is 2.27. The topological polar surface area (TPSA) is 52.6 Å². The van der Waals surface area contributed by atoms with Crippen LogP contribution in [0.15, 0.2) is 12.2 Å². The summed E-state index contributed by atoms with van der Waals surface area (Å²) in [7, 11) is -2.02. The predicted molar refractivity (Wildman–Crippen MR) is 96.8 cm³/mol. The minimum atomic E-state index is -2.02. The van der Waals surface area contributed by atoms with E-state index in [1.165, 1.54) is 12.2 Å². The quantitative estimate of drug-likeness (QED) is 0.205. The lowest BCUT2D eigenvalue weighted by Gasteiger charge is -2.29. The molecule has 0 radical (unpaired) electrons. The van der Waals surface area contributed by atoms with E-state index in [-0.39, 0.29) is 0 Å². The molecule has 0 aliphatic carbocycles. The summed E-state index contributed by atoms with van der Waals surface area (Å²) in [6.07, 6.45) is 8.49. The molecule has 0 spiro atoms. The maximum atomic E-state index is 12.1. The maximum absolute atomic E-state index is 12.1. The normalized spacial score (nSPS) is 11.7. The van der Waals surface area contributed by atoms with Gasteiger partial charge in [-0.1, -0.05) is 59.8 Å². The molecule has 134 valence electrons. The molecule has 23 heavy (non-hydrogen) atoms. The Morgan fingerprint density at radius 3 is 1.78 bits per heavy atom. The molecule has 5 heteroatoms. The monoisotopic (exact) mass is 342 g/mol. The fourth-order valence-corrected chi connectivity index (χ4v) is 7.14. The number of hydrogen-bond donors (Lipinski definition) is 0. The van der Waals surface area contributed by atoms with Gasteiger partial charge in [0, 0.05) is 12.2 Å². The van der Waals surface area contributed by atoms with Crippen LogP contribution in [0, 0.1) is 0 Å². The minimum absolute atomic E-state index is 0.391. The Morgan fingerprint density at radius 1 is 0.783 bits per heavy atom. The van der Waals surface area contributed by atoms with Gasteiger partial charge in [0.25, 0.3) is 8.32 Å². The van der Waals surface area contributed by atoms with Crippen molar-refractivity contribution in [2.75, 3.05) is 6.61 Å². The number of esters is 1. The first-order chi connectivity index (χ1) is 11.0. The van der Waals surface area contributed by atoms with E-state index in [0.29, 0.717) is 6.61 Å². The van der Waals surface area contributed by atoms with Crippen molar-refractivity contribution < 1.29 is 18.8 Å². The van der Waals surface area contributed by atoms with Crippen molar-refractivity contribution in [1.82, 2.24) is 0 Å². The van der Waals surface area contributed by atoms with E-state index in [4.69, 9.17) is 9.16 Å². The van der Waals surface area contributed by atoms with Crippen molar-refractivity contribution in [2.45, 2.75) is 84.4 Å². The highest BCUT2D eigenvalue weighted by Gasteiger charge is 2.35. The minimum Gasteiger partial charge on any atom is -0.516 e. The second kappa shape index (κ2) is 13.3. The largest absolute Gasteiger partial charge is 0.516 e. The molecule has 0 fully saturated rings. The first-order valence-corrected chi connectivity index (χ1v) is 11.6. The van der Waals surface area contributed by atoms with Crippen LogP contribution in [0.3, 0.4) is 0 Å². The third kappa shape index (κ3) is 10.3. The van der Waals surface area contributed by atoms with Gasteiger partial charge in [-0.25, -0.2) is 9.59 Å². The zero-order chi connectivity index (χ0) is 17.6. The summed E-state index contributed by atoms with van der Waals surface area (Å²) in [4.78, 5) is 23.6. The van der Waals surface area contributed by atoms with Gasteiger partial charge in [-0.05, 0) is 24.6 Å². The van der Waals surface area contributed by atoms with Crippen LogP contribution in [0.5, 0.6) is 0 Å². The smallest absolute Gasteiger partial charge is 0.331 e. The Balaban J connectivity index is 4.49. The van der Waals surface area contributed by atoms with E-state index in [2.05, 4.69) is 27.7 Å². The van der Waals surface area contributed by atoms with Gasteiger partial charge < -0.3 is 9.16 Å². The highest BCUT2D eigenvalue weighted by atomic mass is 28.4. The number of ether oxygens (including phenoxy) is 1. The lowest BCUT2D eigenvalue weighted by atomic mass is 10.3. The average Bonchev–Trinajstić information content (AvgIpc) is 2.50. The fraction of sp³-hybridized carbons (Fsp3) is 0.778. The number of rotatable bonds is 13. The molecule has 0 N–H and O–H groups in total. The molecule has 0 saturated heterocycles. The van der Waals surface area contributed by atoms with Gasteiger partial charge in [0.2, 0.25) is 0 Å². The number of carbonyl (C=O) groups is 2. The van der Waals surface area contributed by atoms with Crippen molar-refractivity contribution in [3.05, 3.63) is 12.2 Å². The van der Waals surface area contributed by atoms with Gasteiger partial charge in [-0.15, -0.1) is 0 Å². The van der Waals surface area contributed by atoms with E-state index in [9.17, 15) is 9.59 Å². The summed E-state index contributed by atoms with van der Waals surface area (Å²) in [6.45, 7) is 8.89. The summed E-state index contributed by atoms with van der Waals surface area (Å²) in [5, 5.41) is 0. The van der Waals surface area contributed by atoms with Crippen LogP contribution in [-0.4, -0.2) is 26.9 Å². The average molecular weight is 343 g/mol. The van der Waals surface area contributed by atoms with Gasteiger partial charge in [-0.3, -0.25) is 0 Å². The van der Waals surface area contributed by atoms with Crippen LogP contribution in [0.1, 0.15) is 66.2 Å². The Bertz CT molecular complexity index is 349. The van der Waals surface area contributed by atoms with Gasteiger partial charge in [-0.2, -0.15) is 0 Å². The molecule has 0 atom stereocenters. The second-order valence-electron chi connectivity index (χ2n) is 6.06. The van der Waals surface area contributed by atoms with E-state index >= 15 is 0 Å². The lowest BCUT2D eigenvalue weighted by molar-refractivity contribution is -0.138. The Morgan fingerprint density at radius 2 is 1.30 bits per heavy atom. The second-order valence-corrected chi connectivity index (χ2v) is 10.1.